The molecule has 0 aliphatic heterocycles. The third kappa shape index (κ3) is 3.37. The summed E-state index contributed by atoms with van der Waals surface area (Å²) < 4.78 is 13.8. The third-order valence-electron chi connectivity index (χ3n) is 3.67. The Morgan fingerprint density at radius 2 is 2.25 bits per heavy atom. The van der Waals surface area contributed by atoms with Crippen molar-refractivity contribution in [1.29, 1.82) is 0 Å². The first-order valence-corrected chi connectivity index (χ1v) is 6.77. The van der Waals surface area contributed by atoms with E-state index in [1.807, 2.05) is 0 Å². The fourth-order valence-corrected chi connectivity index (χ4v) is 2.20. The molecule has 2 N–H and O–H groups in total. The van der Waals surface area contributed by atoms with Crippen LogP contribution in [-0.2, 0) is 0 Å². The van der Waals surface area contributed by atoms with Crippen molar-refractivity contribution in [2.75, 3.05) is 20.1 Å². The van der Waals surface area contributed by atoms with Gasteiger partial charge >= 0.3 is 0 Å². The molecule has 1 aliphatic rings. The third-order valence-corrected chi connectivity index (χ3v) is 3.67. The highest BCUT2D eigenvalue weighted by Crippen LogP contribution is 2.38. The molecule has 1 fully saturated rings. The van der Waals surface area contributed by atoms with Gasteiger partial charge < -0.3 is 10.6 Å². The van der Waals surface area contributed by atoms with E-state index in [1.54, 1.807) is 18.0 Å². The van der Waals surface area contributed by atoms with Gasteiger partial charge in [-0.25, -0.2) is 4.39 Å². The minimum atomic E-state index is -0.481. The van der Waals surface area contributed by atoms with Crippen LogP contribution in [0.3, 0.4) is 0 Å². The zero-order chi connectivity index (χ0) is 14.7. The second-order valence-corrected chi connectivity index (χ2v) is 5.36. The summed E-state index contributed by atoms with van der Waals surface area (Å²) in [5.74, 6) is 5.88. The Labute approximate surface area is 119 Å². The number of nitrogens with zero attached hydrogens (tertiary/aromatic N) is 1. The summed E-state index contributed by atoms with van der Waals surface area (Å²) in [6.45, 7) is 3.09. The second-order valence-electron chi connectivity index (χ2n) is 5.36. The molecular weight excluding hydrogens is 255 g/mol. The van der Waals surface area contributed by atoms with Gasteiger partial charge in [0.05, 0.1) is 12.1 Å². The Hall–Kier alpha value is -1.86. The van der Waals surface area contributed by atoms with E-state index >= 15 is 0 Å². The molecule has 0 bridgehead atoms. The minimum absolute atomic E-state index is 0.152. The maximum Gasteiger partial charge on any atom is 0.253 e. The average molecular weight is 274 g/mol. The molecule has 0 aromatic heterocycles. The Kier molecular flexibility index (Phi) is 4.41. The van der Waals surface area contributed by atoms with Crippen LogP contribution in [0.1, 0.15) is 29.3 Å². The van der Waals surface area contributed by atoms with Crippen LogP contribution in [0.2, 0.25) is 0 Å². The molecule has 0 spiro atoms. The number of halogens is 1. The van der Waals surface area contributed by atoms with Crippen LogP contribution in [0.15, 0.2) is 18.2 Å². The zero-order valence-corrected chi connectivity index (χ0v) is 11.8. The highest BCUT2D eigenvalue weighted by molar-refractivity contribution is 5.94. The van der Waals surface area contributed by atoms with Crippen LogP contribution < -0.4 is 5.73 Å². The van der Waals surface area contributed by atoms with Gasteiger partial charge in [0.15, 0.2) is 0 Å². The highest BCUT2D eigenvalue weighted by Gasteiger charge is 2.34. The first kappa shape index (κ1) is 14.5. The largest absolute Gasteiger partial charge is 0.341 e. The number of benzene rings is 1. The summed E-state index contributed by atoms with van der Waals surface area (Å²) in [7, 11) is 1.76. The maximum absolute atomic E-state index is 13.8. The van der Waals surface area contributed by atoms with Gasteiger partial charge in [0.25, 0.3) is 5.91 Å². The maximum atomic E-state index is 13.8. The SMILES string of the molecule is CC1CC1CN(C)C(=O)c1ccc(C#CCN)c(F)c1. The van der Waals surface area contributed by atoms with Gasteiger partial charge in [0.2, 0.25) is 0 Å². The lowest BCUT2D eigenvalue weighted by Gasteiger charge is -2.17. The van der Waals surface area contributed by atoms with E-state index in [9.17, 15) is 9.18 Å². The van der Waals surface area contributed by atoms with E-state index in [1.165, 1.54) is 18.6 Å². The van der Waals surface area contributed by atoms with Crippen LogP contribution in [0.25, 0.3) is 0 Å². The Morgan fingerprint density at radius 3 is 2.80 bits per heavy atom. The smallest absolute Gasteiger partial charge is 0.253 e. The van der Waals surface area contributed by atoms with Crippen molar-refractivity contribution in [3.8, 4) is 11.8 Å². The van der Waals surface area contributed by atoms with E-state index < -0.39 is 5.82 Å². The first-order valence-electron chi connectivity index (χ1n) is 6.77. The standard InChI is InChI=1S/C16H19FN2O/c1-11-8-14(11)10-19(2)16(20)13-6-5-12(4-3-7-18)15(17)9-13/h5-6,9,11,14H,7-8,10,18H2,1-2H3. The van der Waals surface area contributed by atoms with Crippen LogP contribution in [0.4, 0.5) is 4.39 Å². The predicted octanol–water partition coefficient (Wildman–Crippen LogP) is 1.86. The Balaban J connectivity index is 2.08. The molecule has 20 heavy (non-hydrogen) atoms. The molecule has 3 nitrogen and oxygen atoms in total. The molecule has 2 unspecified atom stereocenters. The van der Waals surface area contributed by atoms with Crippen LogP contribution in [-0.4, -0.2) is 30.9 Å². The van der Waals surface area contributed by atoms with Crippen LogP contribution in [0, 0.1) is 29.5 Å². The van der Waals surface area contributed by atoms with E-state index in [-0.39, 0.29) is 18.0 Å². The zero-order valence-electron chi connectivity index (χ0n) is 11.8. The molecular formula is C16H19FN2O. The lowest BCUT2D eigenvalue weighted by Crippen LogP contribution is -2.29. The van der Waals surface area contributed by atoms with Crippen molar-refractivity contribution >= 4 is 5.91 Å². The lowest BCUT2D eigenvalue weighted by molar-refractivity contribution is 0.0786. The highest BCUT2D eigenvalue weighted by atomic mass is 19.1. The molecule has 1 amide bonds. The molecule has 1 aromatic carbocycles. The van der Waals surface area contributed by atoms with E-state index in [0.717, 1.165) is 6.54 Å². The molecule has 1 saturated carbocycles. The van der Waals surface area contributed by atoms with Gasteiger partial charge in [-0.2, -0.15) is 0 Å². The summed E-state index contributed by atoms with van der Waals surface area (Å²) in [6.07, 6.45) is 1.17. The minimum Gasteiger partial charge on any atom is -0.341 e. The van der Waals surface area contributed by atoms with Crippen molar-refractivity contribution in [3.05, 3.63) is 35.1 Å². The summed E-state index contributed by atoms with van der Waals surface area (Å²) in [6, 6.07) is 4.38. The van der Waals surface area contributed by atoms with Gasteiger partial charge in [0.1, 0.15) is 5.82 Å². The summed E-state index contributed by atoms with van der Waals surface area (Å²) in [5, 5.41) is 0. The number of carbonyl (C=O) groups is 1. The fourth-order valence-electron chi connectivity index (χ4n) is 2.20. The van der Waals surface area contributed by atoms with E-state index in [4.69, 9.17) is 5.73 Å². The molecule has 0 heterocycles. The second kappa shape index (κ2) is 6.06. The summed E-state index contributed by atoms with van der Waals surface area (Å²) in [4.78, 5) is 13.9. The van der Waals surface area contributed by atoms with Gasteiger partial charge in [-0.1, -0.05) is 18.8 Å². The van der Waals surface area contributed by atoms with Crippen molar-refractivity contribution in [2.24, 2.45) is 17.6 Å². The van der Waals surface area contributed by atoms with Crippen molar-refractivity contribution < 1.29 is 9.18 Å². The predicted molar refractivity (Wildman–Crippen MR) is 76.6 cm³/mol. The number of hydrogen-bond acceptors (Lipinski definition) is 2. The molecule has 2 atom stereocenters. The molecule has 4 heteroatoms. The molecule has 0 radical (unpaired) electrons. The number of carbonyl (C=O) groups excluding carboxylic acids is 1. The van der Waals surface area contributed by atoms with Crippen LogP contribution in [0.5, 0.6) is 0 Å². The first-order chi connectivity index (χ1) is 9.52. The van der Waals surface area contributed by atoms with Gasteiger partial charge in [-0.3, -0.25) is 4.79 Å². The van der Waals surface area contributed by atoms with E-state index in [0.29, 0.717) is 17.4 Å². The summed E-state index contributed by atoms with van der Waals surface area (Å²) >= 11 is 0. The van der Waals surface area contributed by atoms with Crippen molar-refractivity contribution in [2.45, 2.75) is 13.3 Å². The Morgan fingerprint density at radius 1 is 1.55 bits per heavy atom. The molecule has 0 saturated heterocycles. The molecule has 1 aromatic rings. The number of hydrogen-bond donors (Lipinski definition) is 1. The van der Waals surface area contributed by atoms with E-state index in [2.05, 4.69) is 18.8 Å². The molecule has 1 aliphatic carbocycles. The fraction of sp³-hybridized carbons (Fsp3) is 0.438. The summed E-state index contributed by atoms with van der Waals surface area (Å²) in [5.41, 5.74) is 5.88. The van der Waals surface area contributed by atoms with Gasteiger partial charge in [-0.05, 0) is 36.5 Å². The molecule has 2 rings (SSSR count). The normalized spacial score (nSPS) is 20.0. The topological polar surface area (TPSA) is 46.3 Å². The van der Waals surface area contributed by atoms with Crippen molar-refractivity contribution in [3.63, 3.8) is 0 Å². The van der Waals surface area contributed by atoms with Gasteiger partial charge in [0, 0.05) is 19.2 Å². The number of rotatable bonds is 3. The van der Waals surface area contributed by atoms with Gasteiger partial charge in [-0.15, -0.1) is 0 Å². The quantitative estimate of drug-likeness (QED) is 0.855. The monoisotopic (exact) mass is 274 g/mol. The van der Waals surface area contributed by atoms with Crippen LogP contribution >= 0.6 is 0 Å². The van der Waals surface area contributed by atoms with Crippen molar-refractivity contribution in [1.82, 2.24) is 4.90 Å². The number of amides is 1. The Bertz CT molecular complexity index is 574. The number of nitrogens with two attached hydrogens (primary N) is 1. The average Bonchev–Trinajstić information content (AvgIpc) is 3.11. The lowest BCUT2D eigenvalue weighted by atomic mass is 10.1. The molecule has 106 valence electrons.